The van der Waals surface area contributed by atoms with E-state index in [9.17, 15) is 4.79 Å². The summed E-state index contributed by atoms with van der Waals surface area (Å²) in [5.41, 5.74) is 2.62. The summed E-state index contributed by atoms with van der Waals surface area (Å²) < 4.78 is 1.84. The maximum absolute atomic E-state index is 13.2. The fourth-order valence-corrected chi connectivity index (χ4v) is 4.62. The van der Waals surface area contributed by atoms with E-state index in [0.29, 0.717) is 16.1 Å². The zero-order valence-corrected chi connectivity index (χ0v) is 15.5. The van der Waals surface area contributed by atoms with Crippen LogP contribution in [-0.2, 0) is 0 Å². The number of amides is 1. The predicted octanol–water partition coefficient (Wildman–Crippen LogP) is 3.29. The van der Waals surface area contributed by atoms with Crippen LogP contribution in [0, 0.1) is 12.3 Å². The number of carbonyl (C=O) groups is 1. The molecule has 0 atom stereocenters. The van der Waals surface area contributed by atoms with Gasteiger partial charge in [-0.2, -0.15) is 0 Å². The predicted molar refractivity (Wildman–Crippen MR) is 99.2 cm³/mol. The molecule has 2 aromatic heterocycles. The van der Waals surface area contributed by atoms with Gasteiger partial charge in [-0.1, -0.05) is 11.6 Å². The second-order valence-electron chi connectivity index (χ2n) is 7.52. The number of halogens is 1. The molecule has 0 bridgehead atoms. The lowest BCUT2D eigenvalue weighted by Crippen LogP contribution is -2.38. The third kappa shape index (κ3) is 3.15. The molecule has 2 aromatic rings. The highest BCUT2D eigenvalue weighted by Gasteiger charge is 2.35. The third-order valence-electron chi connectivity index (χ3n) is 5.96. The minimum absolute atomic E-state index is 0.0817. The van der Waals surface area contributed by atoms with Crippen LogP contribution in [0.4, 0.5) is 0 Å². The molecule has 5 nitrogen and oxygen atoms in total. The zero-order valence-electron chi connectivity index (χ0n) is 14.7. The molecule has 1 N–H and O–H groups in total. The quantitative estimate of drug-likeness (QED) is 0.849. The summed E-state index contributed by atoms with van der Waals surface area (Å²) in [5.74, 6) is 0.0817. The highest BCUT2D eigenvalue weighted by Crippen LogP contribution is 2.39. The van der Waals surface area contributed by atoms with Crippen molar-refractivity contribution in [1.29, 1.82) is 0 Å². The molecule has 2 aliphatic heterocycles. The molecule has 134 valence electrons. The van der Waals surface area contributed by atoms with Gasteiger partial charge in [-0.15, -0.1) is 0 Å². The molecular weight excluding hydrogens is 336 g/mol. The summed E-state index contributed by atoms with van der Waals surface area (Å²) in [4.78, 5) is 19.8. The van der Waals surface area contributed by atoms with Crippen LogP contribution in [0.1, 0.15) is 48.3 Å². The Labute approximate surface area is 153 Å². The average molecular weight is 361 g/mol. The van der Waals surface area contributed by atoms with E-state index in [1.807, 2.05) is 28.4 Å². The average Bonchev–Trinajstić information content (AvgIpc) is 2.79. The van der Waals surface area contributed by atoms with Crippen molar-refractivity contribution < 1.29 is 4.79 Å². The molecule has 1 spiro atoms. The van der Waals surface area contributed by atoms with Gasteiger partial charge in [0.25, 0.3) is 5.91 Å². The minimum atomic E-state index is 0.0817. The van der Waals surface area contributed by atoms with E-state index < -0.39 is 0 Å². The molecule has 2 fully saturated rings. The Bertz CT molecular complexity index is 794. The Morgan fingerprint density at radius 1 is 1.20 bits per heavy atom. The first-order valence-corrected chi connectivity index (χ1v) is 9.60. The van der Waals surface area contributed by atoms with Crippen molar-refractivity contribution in [3.05, 3.63) is 34.7 Å². The molecule has 25 heavy (non-hydrogen) atoms. The Balaban J connectivity index is 1.59. The summed E-state index contributed by atoms with van der Waals surface area (Å²) in [6.45, 7) is 5.80. The van der Waals surface area contributed by atoms with E-state index in [2.05, 4.69) is 10.3 Å². The van der Waals surface area contributed by atoms with E-state index in [1.165, 1.54) is 19.3 Å². The van der Waals surface area contributed by atoms with Gasteiger partial charge in [0.05, 0.1) is 10.7 Å². The Kier molecular flexibility index (Phi) is 4.46. The molecule has 0 aromatic carbocycles. The van der Waals surface area contributed by atoms with Crippen molar-refractivity contribution in [2.24, 2.45) is 5.41 Å². The fourth-order valence-electron chi connectivity index (χ4n) is 4.46. The third-order valence-corrected chi connectivity index (χ3v) is 6.18. The number of aromatic nitrogens is 2. The molecule has 0 radical (unpaired) electrons. The Morgan fingerprint density at radius 3 is 2.80 bits per heavy atom. The van der Waals surface area contributed by atoms with E-state index in [0.717, 1.165) is 50.4 Å². The number of rotatable bonds is 1. The first-order chi connectivity index (χ1) is 12.1. The van der Waals surface area contributed by atoms with Gasteiger partial charge in [-0.25, -0.2) is 4.98 Å². The standard InChI is InChI=1S/C19H25ClN4O/c1-14-17(24-13-15(20)3-4-16(24)22-14)18(25)23-11-2-5-19(8-12-23)6-9-21-10-7-19/h3-4,13,21H,2,5-12H2,1H3. The molecular formula is C19H25ClN4O. The van der Waals surface area contributed by atoms with Crippen molar-refractivity contribution in [2.45, 2.75) is 39.0 Å². The van der Waals surface area contributed by atoms with Crippen molar-refractivity contribution in [3.8, 4) is 0 Å². The number of carbonyl (C=O) groups excluding carboxylic acids is 1. The van der Waals surface area contributed by atoms with Gasteiger partial charge >= 0.3 is 0 Å². The number of aryl methyl sites for hydroxylation is 1. The van der Waals surface area contributed by atoms with Gasteiger partial charge in [0, 0.05) is 19.3 Å². The lowest BCUT2D eigenvalue weighted by molar-refractivity contribution is 0.0743. The number of likely N-dealkylation sites (tertiary alicyclic amines) is 1. The summed E-state index contributed by atoms with van der Waals surface area (Å²) in [6, 6.07) is 3.67. The normalized spacial score (nSPS) is 20.8. The zero-order chi connectivity index (χ0) is 17.4. The first-order valence-electron chi connectivity index (χ1n) is 9.22. The van der Waals surface area contributed by atoms with E-state index >= 15 is 0 Å². The second kappa shape index (κ2) is 6.61. The number of hydrogen-bond acceptors (Lipinski definition) is 3. The van der Waals surface area contributed by atoms with Gasteiger partial charge in [-0.3, -0.25) is 9.20 Å². The molecule has 4 heterocycles. The number of hydrogen-bond donors (Lipinski definition) is 1. The van der Waals surface area contributed by atoms with Gasteiger partial charge in [0.15, 0.2) is 0 Å². The number of nitrogens with one attached hydrogen (secondary N) is 1. The van der Waals surface area contributed by atoms with Gasteiger partial charge < -0.3 is 10.2 Å². The van der Waals surface area contributed by atoms with Crippen molar-refractivity contribution in [2.75, 3.05) is 26.2 Å². The van der Waals surface area contributed by atoms with E-state index in [1.54, 1.807) is 6.20 Å². The number of pyridine rings is 1. The largest absolute Gasteiger partial charge is 0.337 e. The Morgan fingerprint density at radius 2 is 2.00 bits per heavy atom. The monoisotopic (exact) mass is 360 g/mol. The van der Waals surface area contributed by atoms with Gasteiger partial charge in [0.1, 0.15) is 11.3 Å². The number of piperidine rings is 1. The first kappa shape index (κ1) is 16.9. The molecule has 0 unspecified atom stereocenters. The molecule has 4 rings (SSSR count). The van der Waals surface area contributed by atoms with Crippen molar-refractivity contribution in [3.63, 3.8) is 0 Å². The van der Waals surface area contributed by atoms with Crippen LogP contribution in [0.5, 0.6) is 0 Å². The van der Waals surface area contributed by atoms with Crippen LogP contribution in [0.3, 0.4) is 0 Å². The van der Waals surface area contributed by atoms with Crippen LogP contribution < -0.4 is 5.32 Å². The number of nitrogens with zero attached hydrogens (tertiary/aromatic N) is 3. The smallest absolute Gasteiger partial charge is 0.272 e. The lowest BCUT2D eigenvalue weighted by Gasteiger charge is -2.37. The molecule has 2 saturated heterocycles. The van der Waals surface area contributed by atoms with Crippen LogP contribution in [-0.4, -0.2) is 46.4 Å². The number of imidazole rings is 1. The summed E-state index contributed by atoms with van der Waals surface area (Å²) >= 11 is 6.13. The molecule has 2 aliphatic rings. The van der Waals surface area contributed by atoms with Crippen molar-refractivity contribution >= 4 is 23.2 Å². The maximum atomic E-state index is 13.2. The molecule has 0 aliphatic carbocycles. The summed E-state index contributed by atoms with van der Waals surface area (Å²) in [6.07, 6.45) is 7.68. The van der Waals surface area contributed by atoms with Crippen LogP contribution in [0.2, 0.25) is 5.02 Å². The number of fused-ring (bicyclic) bond motifs is 1. The molecule has 1 amide bonds. The second-order valence-corrected chi connectivity index (χ2v) is 7.95. The summed E-state index contributed by atoms with van der Waals surface area (Å²) in [5, 5.41) is 4.08. The van der Waals surface area contributed by atoms with E-state index in [-0.39, 0.29) is 5.91 Å². The van der Waals surface area contributed by atoms with Gasteiger partial charge in [0.2, 0.25) is 0 Å². The highest BCUT2D eigenvalue weighted by atomic mass is 35.5. The minimum Gasteiger partial charge on any atom is -0.337 e. The highest BCUT2D eigenvalue weighted by molar-refractivity contribution is 6.30. The maximum Gasteiger partial charge on any atom is 0.272 e. The Hall–Kier alpha value is -1.59. The van der Waals surface area contributed by atoms with E-state index in [4.69, 9.17) is 11.6 Å². The van der Waals surface area contributed by atoms with Crippen molar-refractivity contribution in [1.82, 2.24) is 19.6 Å². The lowest BCUT2D eigenvalue weighted by atomic mass is 9.73. The SMILES string of the molecule is Cc1nc2ccc(Cl)cn2c1C(=O)N1CCCC2(CCNCC2)CC1. The van der Waals surface area contributed by atoms with Crippen LogP contribution in [0.25, 0.3) is 5.65 Å². The fraction of sp³-hybridized carbons (Fsp3) is 0.579. The van der Waals surface area contributed by atoms with Crippen LogP contribution >= 0.6 is 11.6 Å². The van der Waals surface area contributed by atoms with Gasteiger partial charge in [-0.05, 0) is 69.7 Å². The summed E-state index contributed by atoms with van der Waals surface area (Å²) in [7, 11) is 0. The van der Waals surface area contributed by atoms with Crippen LogP contribution in [0.15, 0.2) is 18.3 Å². The molecule has 6 heteroatoms. The molecule has 0 saturated carbocycles. The topological polar surface area (TPSA) is 49.6 Å².